The molecule has 1 unspecified atom stereocenters. The van der Waals surface area contributed by atoms with Gasteiger partial charge in [-0.3, -0.25) is 4.79 Å². The molecule has 4 rings (SSSR count). The normalized spacial score (nSPS) is 21.1. The van der Waals surface area contributed by atoms with E-state index in [1.54, 1.807) is 0 Å². The van der Waals surface area contributed by atoms with Crippen LogP contribution in [-0.4, -0.2) is 50.0 Å². The predicted octanol–water partition coefficient (Wildman–Crippen LogP) is 1.91. The topological polar surface area (TPSA) is 167 Å². The zero-order chi connectivity index (χ0) is 22.3. The van der Waals surface area contributed by atoms with Crippen LogP contribution < -0.4 is 10.2 Å². The van der Waals surface area contributed by atoms with Gasteiger partial charge in [-0.25, -0.2) is 4.79 Å². The van der Waals surface area contributed by atoms with Crippen molar-refractivity contribution in [3.05, 3.63) is 46.6 Å². The van der Waals surface area contributed by atoms with Crippen molar-refractivity contribution in [2.45, 2.75) is 31.3 Å². The molecule has 1 saturated heterocycles. The number of aliphatic hydroxyl groups is 1. The highest BCUT2D eigenvalue weighted by Gasteiger charge is 2.34. The molecule has 0 aliphatic carbocycles. The van der Waals surface area contributed by atoms with E-state index in [0.717, 1.165) is 12.1 Å². The Bertz CT molecular complexity index is 1210. The zero-order valence-electron chi connectivity index (χ0n) is 15.9. The van der Waals surface area contributed by atoms with Gasteiger partial charge in [0.15, 0.2) is 23.0 Å². The quantitative estimate of drug-likeness (QED) is 0.386. The molecule has 3 atom stereocenters. The minimum atomic E-state index is -1.24. The van der Waals surface area contributed by atoms with Crippen molar-refractivity contribution >= 4 is 16.9 Å². The second-order valence-corrected chi connectivity index (χ2v) is 7.13. The maximum absolute atomic E-state index is 12.5. The van der Waals surface area contributed by atoms with E-state index in [0.29, 0.717) is 5.56 Å². The number of fused-ring (bicyclic) bond motifs is 1. The molecule has 1 aliphatic heterocycles. The van der Waals surface area contributed by atoms with Gasteiger partial charge in [0.1, 0.15) is 28.2 Å². The summed E-state index contributed by atoms with van der Waals surface area (Å²) in [4.78, 5) is 23.7. The SMILES string of the molecule is O=C(O)[C@@H]1C[C@H](O)CC(Oc2cc(O)c3c(=O)cc(-c4ccc(O)c(O)c4)oc3c2)O1. The molecule has 5 N–H and O–H groups in total. The molecule has 10 heteroatoms. The van der Waals surface area contributed by atoms with Crippen molar-refractivity contribution in [3.63, 3.8) is 0 Å². The summed E-state index contributed by atoms with van der Waals surface area (Å²) in [5, 5.41) is 48.3. The summed E-state index contributed by atoms with van der Waals surface area (Å²) < 4.78 is 16.6. The van der Waals surface area contributed by atoms with Crippen molar-refractivity contribution in [2.75, 3.05) is 0 Å². The van der Waals surface area contributed by atoms with E-state index in [1.165, 1.54) is 24.3 Å². The molecule has 0 saturated carbocycles. The molecule has 3 aromatic rings. The van der Waals surface area contributed by atoms with E-state index in [9.17, 15) is 30.0 Å². The van der Waals surface area contributed by atoms with Crippen LogP contribution in [0.3, 0.4) is 0 Å². The van der Waals surface area contributed by atoms with E-state index in [2.05, 4.69) is 0 Å². The third-order valence-electron chi connectivity index (χ3n) is 4.85. The summed E-state index contributed by atoms with van der Waals surface area (Å²) in [6.07, 6.45) is -3.34. The molecular formula is C21H18O10. The summed E-state index contributed by atoms with van der Waals surface area (Å²) in [6, 6.07) is 7.49. The largest absolute Gasteiger partial charge is 0.507 e. The van der Waals surface area contributed by atoms with Gasteiger partial charge in [0.2, 0.25) is 6.29 Å². The van der Waals surface area contributed by atoms with Gasteiger partial charge < -0.3 is 39.4 Å². The number of hydrogen-bond acceptors (Lipinski definition) is 9. The first-order valence-electron chi connectivity index (χ1n) is 9.27. The second kappa shape index (κ2) is 7.82. The van der Waals surface area contributed by atoms with Crippen molar-refractivity contribution < 1.29 is 44.2 Å². The molecule has 0 bridgehead atoms. The molecule has 2 heterocycles. The summed E-state index contributed by atoms with van der Waals surface area (Å²) in [5.74, 6) is -2.30. The molecule has 0 radical (unpaired) electrons. The van der Waals surface area contributed by atoms with Crippen LogP contribution in [0, 0.1) is 0 Å². The molecule has 0 amide bonds. The second-order valence-electron chi connectivity index (χ2n) is 7.13. The van der Waals surface area contributed by atoms with Gasteiger partial charge in [-0.05, 0) is 18.2 Å². The Morgan fingerprint density at radius 2 is 1.77 bits per heavy atom. The Hall–Kier alpha value is -3.76. The van der Waals surface area contributed by atoms with Crippen molar-refractivity contribution in [1.29, 1.82) is 0 Å². The van der Waals surface area contributed by atoms with Crippen LogP contribution in [0.1, 0.15) is 12.8 Å². The van der Waals surface area contributed by atoms with Crippen LogP contribution in [0.4, 0.5) is 0 Å². The summed E-state index contributed by atoms with van der Waals surface area (Å²) in [6.45, 7) is 0. The molecule has 1 fully saturated rings. The minimum absolute atomic E-state index is 0.0132. The van der Waals surface area contributed by atoms with Gasteiger partial charge in [-0.2, -0.15) is 0 Å². The van der Waals surface area contributed by atoms with E-state index in [-0.39, 0.29) is 41.1 Å². The number of carboxylic acids is 1. The standard InChI is InChI=1S/C21H18O10/c22-10-4-18(21(27)28)31-19(5-10)29-11-6-14(25)20-15(26)8-16(30-17(20)7-11)9-1-2-12(23)13(24)3-9/h1-3,6-8,10,18-19,22-25H,4-5H2,(H,27,28)/t10-,18-,19?/m0/s1. The van der Waals surface area contributed by atoms with Crippen molar-refractivity contribution in [2.24, 2.45) is 0 Å². The van der Waals surface area contributed by atoms with Gasteiger partial charge >= 0.3 is 5.97 Å². The number of phenols is 3. The molecule has 31 heavy (non-hydrogen) atoms. The Morgan fingerprint density at radius 3 is 2.48 bits per heavy atom. The number of aliphatic carboxylic acids is 1. The third-order valence-corrected chi connectivity index (χ3v) is 4.85. The lowest BCUT2D eigenvalue weighted by atomic mass is 10.1. The Morgan fingerprint density at radius 1 is 1.00 bits per heavy atom. The first-order valence-corrected chi connectivity index (χ1v) is 9.27. The number of carboxylic acid groups (broad SMARTS) is 1. The number of aromatic hydroxyl groups is 3. The Kier molecular flexibility index (Phi) is 5.17. The summed E-state index contributed by atoms with van der Waals surface area (Å²) >= 11 is 0. The summed E-state index contributed by atoms with van der Waals surface area (Å²) in [5.41, 5.74) is -0.275. The predicted molar refractivity (Wildman–Crippen MR) is 105 cm³/mol. The molecule has 1 aromatic heterocycles. The Labute approximate surface area is 174 Å². The molecule has 10 nitrogen and oxygen atoms in total. The van der Waals surface area contributed by atoms with Crippen LogP contribution in [0.2, 0.25) is 0 Å². The van der Waals surface area contributed by atoms with Crippen LogP contribution in [0.25, 0.3) is 22.3 Å². The van der Waals surface area contributed by atoms with Gasteiger partial charge in [0.05, 0.1) is 6.10 Å². The van der Waals surface area contributed by atoms with Gasteiger partial charge in [0, 0.05) is 36.6 Å². The fourth-order valence-electron chi connectivity index (χ4n) is 3.38. The van der Waals surface area contributed by atoms with E-state index in [4.69, 9.17) is 19.0 Å². The average molecular weight is 430 g/mol. The van der Waals surface area contributed by atoms with E-state index >= 15 is 0 Å². The van der Waals surface area contributed by atoms with Crippen LogP contribution >= 0.6 is 0 Å². The number of hydrogen-bond donors (Lipinski definition) is 5. The lowest BCUT2D eigenvalue weighted by Gasteiger charge is -2.31. The highest BCUT2D eigenvalue weighted by Crippen LogP contribution is 2.35. The number of carbonyl (C=O) groups is 1. The van der Waals surface area contributed by atoms with Crippen LogP contribution in [-0.2, 0) is 9.53 Å². The van der Waals surface area contributed by atoms with E-state index < -0.39 is 41.4 Å². The van der Waals surface area contributed by atoms with Crippen molar-refractivity contribution in [1.82, 2.24) is 0 Å². The maximum Gasteiger partial charge on any atom is 0.333 e. The lowest BCUT2D eigenvalue weighted by Crippen LogP contribution is -2.42. The first kappa shape index (κ1) is 20.5. The highest BCUT2D eigenvalue weighted by atomic mass is 16.7. The van der Waals surface area contributed by atoms with Crippen LogP contribution in [0.15, 0.2) is 45.6 Å². The fraction of sp³-hybridized carbons (Fsp3) is 0.238. The number of benzene rings is 2. The summed E-state index contributed by atoms with van der Waals surface area (Å²) in [7, 11) is 0. The number of rotatable bonds is 4. The number of aliphatic hydroxyl groups excluding tert-OH is 1. The minimum Gasteiger partial charge on any atom is -0.507 e. The molecule has 2 aromatic carbocycles. The highest BCUT2D eigenvalue weighted by molar-refractivity contribution is 5.86. The van der Waals surface area contributed by atoms with Crippen molar-refractivity contribution in [3.8, 4) is 34.3 Å². The average Bonchev–Trinajstić information content (AvgIpc) is 2.69. The Balaban J connectivity index is 1.70. The third kappa shape index (κ3) is 4.11. The van der Waals surface area contributed by atoms with E-state index in [1.807, 2.05) is 0 Å². The zero-order valence-corrected chi connectivity index (χ0v) is 15.9. The smallest absolute Gasteiger partial charge is 0.333 e. The number of ether oxygens (including phenoxy) is 2. The maximum atomic E-state index is 12.5. The number of phenolic OH excluding ortho intramolecular Hbond substituents is 3. The van der Waals surface area contributed by atoms with Crippen LogP contribution in [0.5, 0.6) is 23.0 Å². The van der Waals surface area contributed by atoms with Gasteiger partial charge in [-0.1, -0.05) is 0 Å². The molecular weight excluding hydrogens is 412 g/mol. The van der Waals surface area contributed by atoms with Gasteiger partial charge in [0.25, 0.3) is 0 Å². The molecule has 0 spiro atoms. The van der Waals surface area contributed by atoms with Gasteiger partial charge in [-0.15, -0.1) is 0 Å². The monoisotopic (exact) mass is 430 g/mol. The first-order chi connectivity index (χ1) is 14.7. The molecule has 162 valence electrons. The molecule has 1 aliphatic rings. The lowest BCUT2D eigenvalue weighted by molar-refractivity contribution is -0.195. The fourth-order valence-corrected chi connectivity index (χ4v) is 3.38.